The Morgan fingerprint density at radius 3 is 2.64 bits per heavy atom. The predicted octanol–water partition coefficient (Wildman–Crippen LogP) is 3.90. The highest BCUT2D eigenvalue weighted by atomic mass is 127. The second kappa shape index (κ2) is 9.70. The van der Waals surface area contributed by atoms with Crippen molar-refractivity contribution in [3.05, 3.63) is 16.1 Å². The normalized spacial score (nSPS) is 22.1. The molecule has 1 fully saturated rings. The molecule has 0 atom stereocenters. The van der Waals surface area contributed by atoms with Crippen LogP contribution in [-0.2, 0) is 6.54 Å². The number of aliphatic imine (C=N–C) groups is 1. The predicted molar refractivity (Wildman–Crippen MR) is 106 cm³/mol. The number of thiazole rings is 1. The molecule has 1 heterocycles. The highest BCUT2D eigenvalue weighted by Gasteiger charge is 2.20. The van der Waals surface area contributed by atoms with Crippen LogP contribution in [0.25, 0.3) is 0 Å². The summed E-state index contributed by atoms with van der Waals surface area (Å²) in [5.41, 5.74) is 0. The Balaban J connectivity index is 0.00000242. The van der Waals surface area contributed by atoms with Crippen molar-refractivity contribution in [2.45, 2.75) is 46.1 Å². The van der Waals surface area contributed by atoms with Crippen LogP contribution in [-0.4, -0.2) is 36.5 Å². The van der Waals surface area contributed by atoms with Gasteiger partial charge in [0.05, 0.1) is 6.54 Å². The Bertz CT molecular complexity index is 466. The van der Waals surface area contributed by atoms with Crippen LogP contribution in [0.15, 0.2) is 11.2 Å². The van der Waals surface area contributed by atoms with Crippen molar-refractivity contribution in [3.63, 3.8) is 0 Å². The van der Waals surface area contributed by atoms with Crippen molar-refractivity contribution < 1.29 is 0 Å². The molecule has 1 aromatic rings. The van der Waals surface area contributed by atoms with Crippen molar-refractivity contribution >= 4 is 41.3 Å². The maximum atomic E-state index is 4.40. The molecule has 0 spiro atoms. The van der Waals surface area contributed by atoms with Gasteiger partial charge >= 0.3 is 0 Å². The third-order valence-electron chi connectivity index (χ3n) is 4.31. The average Bonchev–Trinajstić information content (AvgIpc) is 2.88. The molecule has 4 nitrogen and oxygen atoms in total. The first-order valence-electron chi connectivity index (χ1n) is 7.91. The van der Waals surface area contributed by atoms with E-state index in [0.717, 1.165) is 35.9 Å². The van der Waals surface area contributed by atoms with Gasteiger partial charge in [0.15, 0.2) is 5.96 Å². The zero-order chi connectivity index (χ0) is 15.2. The van der Waals surface area contributed by atoms with Crippen molar-refractivity contribution in [2.24, 2.45) is 16.8 Å². The maximum Gasteiger partial charge on any atom is 0.193 e. The fraction of sp³-hybridized carbons (Fsp3) is 0.750. The molecule has 22 heavy (non-hydrogen) atoms. The maximum absolute atomic E-state index is 4.40. The summed E-state index contributed by atoms with van der Waals surface area (Å²) >= 11 is 1.74. The molecule has 1 saturated carbocycles. The molecule has 126 valence electrons. The molecule has 0 unspecified atom stereocenters. The molecule has 1 aliphatic rings. The third kappa shape index (κ3) is 6.02. The summed E-state index contributed by atoms with van der Waals surface area (Å²) < 4.78 is 0. The number of hydrogen-bond acceptors (Lipinski definition) is 3. The lowest BCUT2D eigenvalue weighted by Gasteiger charge is -2.31. The monoisotopic (exact) mass is 436 g/mol. The number of rotatable bonds is 4. The molecule has 1 N–H and O–H groups in total. The van der Waals surface area contributed by atoms with Gasteiger partial charge in [-0.15, -0.1) is 35.3 Å². The van der Waals surface area contributed by atoms with Gasteiger partial charge in [-0.3, -0.25) is 4.99 Å². The third-order valence-corrected chi connectivity index (χ3v) is 5.22. The molecule has 6 heteroatoms. The summed E-state index contributed by atoms with van der Waals surface area (Å²) in [7, 11) is 4.00. The summed E-state index contributed by atoms with van der Waals surface area (Å²) in [6.07, 6.45) is 7.39. The van der Waals surface area contributed by atoms with E-state index in [-0.39, 0.29) is 24.0 Å². The molecular weight excluding hydrogens is 407 g/mol. The first kappa shape index (κ1) is 19.7. The van der Waals surface area contributed by atoms with Crippen molar-refractivity contribution in [2.75, 3.05) is 20.6 Å². The van der Waals surface area contributed by atoms with E-state index in [1.807, 2.05) is 13.2 Å². The summed E-state index contributed by atoms with van der Waals surface area (Å²) in [6.45, 7) is 6.32. The lowest BCUT2D eigenvalue weighted by atomic mass is 9.83. The standard InChI is InChI=1S/C16H28N4S.HI/c1-12-5-7-14(8-6-12)11-20(4)16(17-3)19-10-15-18-9-13(2)21-15;/h9,12,14H,5-8,10-11H2,1-4H3,(H,17,19);1H. The Labute approximate surface area is 155 Å². The Hall–Kier alpha value is -0.370. The van der Waals surface area contributed by atoms with Crippen LogP contribution in [0.2, 0.25) is 0 Å². The zero-order valence-electron chi connectivity index (χ0n) is 14.1. The number of halogens is 1. The Morgan fingerprint density at radius 2 is 2.09 bits per heavy atom. The van der Waals surface area contributed by atoms with Gasteiger partial charge in [0, 0.05) is 31.7 Å². The lowest BCUT2D eigenvalue weighted by Crippen LogP contribution is -2.41. The minimum absolute atomic E-state index is 0. The van der Waals surface area contributed by atoms with Crippen LogP contribution < -0.4 is 5.32 Å². The fourth-order valence-electron chi connectivity index (χ4n) is 3.01. The number of guanidine groups is 1. The highest BCUT2D eigenvalue weighted by molar-refractivity contribution is 14.0. The van der Waals surface area contributed by atoms with Gasteiger partial charge in [-0.2, -0.15) is 0 Å². The molecule has 0 amide bonds. The molecule has 0 aromatic carbocycles. The van der Waals surface area contributed by atoms with Gasteiger partial charge in [-0.1, -0.05) is 19.8 Å². The molecule has 0 aliphatic heterocycles. The van der Waals surface area contributed by atoms with Crippen LogP contribution in [0, 0.1) is 18.8 Å². The van der Waals surface area contributed by atoms with Gasteiger partial charge in [-0.05, 0) is 31.6 Å². The molecule has 0 bridgehead atoms. The van der Waals surface area contributed by atoms with Crippen LogP contribution in [0.4, 0.5) is 0 Å². The molecule has 0 saturated heterocycles. The smallest absolute Gasteiger partial charge is 0.193 e. The number of hydrogen-bond donors (Lipinski definition) is 1. The van der Waals surface area contributed by atoms with E-state index in [0.29, 0.717) is 0 Å². The van der Waals surface area contributed by atoms with Crippen LogP contribution in [0.5, 0.6) is 0 Å². The summed E-state index contributed by atoms with van der Waals surface area (Å²) in [4.78, 5) is 12.3. The number of aromatic nitrogens is 1. The van der Waals surface area contributed by atoms with E-state index >= 15 is 0 Å². The number of aryl methyl sites for hydroxylation is 1. The zero-order valence-corrected chi connectivity index (χ0v) is 17.3. The van der Waals surface area contributed by atoms with Crippen molar-refractivity contribution in [1.29, 1.82) is 0 Å². The summed E-state index contributed by atoms with van der Waals surface area (Å²) in [6, 6.07) is 0. The van der Waals surface area contributed by atoms with E-state index in [1.54, 1.807) is 11.3 Å². The number of nitrogens with zero attached hydrogens (tertiary/aromatic N) is 3. The van der Waals surface area contributed by atoms with Crippen LogP contribution in [0.3, 0.4) is 0 Å². The molecular formula is C16H29IN4S. The first-order valence-corrected chi connectivity index (χ1v) is 8.73. The average molecular weight is 436 g/mol. The van der Waals surface area contributed by atoms with E-state index in [4.69, 9.17) is 0 Å². The minimum Gasteiger partial charge on any atom is -0.350 e. The molecule has 2 rings (SSSR count). The van der Waals surface area contributed by atoms with Gasteiger partial charge in [-0.25, -0.2) is 4.98 Å². The topological polar surface area (TPSA) is 40.5 Å². The molecule has 1 aliphatic carbocycles. The molecule has 0 radical (unpaired) electrons. The Morgan fingerprint density at radius 1 is 1.41 bits per heavy atom. The van der Waals surface area contributed by atoms with Gasteiger partial charge in [0.1, 0.15) is 5.01 Å². The minimum atomic E-state index is 0. The van der Waals surface area contributed by atoms with Crippen molar-refractivity contribution in [1.82, 2.24) is 15.2 Å². The van der Waals surface area contributed by atoms with Crippen LogP contribution >= 0.6 is 35.3 Å². The van der Waals surface area contributed by atoms with Gasteiger partial charge < -0.3 is 10.2 Å². The second-order valence-electron chi connectivity index (χ2n) is 6.27. The summed E-state index contributed by atoms with van der Waals surface area (Å²) in [5, 5.41) is 4.54. The molecule has 1 aromatic heterocycles. The lowest BCUT2D eigenvalue weighted by molar-refractivity contribution is 0.250. The largest absolute Gasteiger partial charge is 0.350 e. The SMILES string of the molecule is CN=C(NCc1ncc(C)s1)N(C)CC1CCC(C)CC1.I. The van der Waals surface area contributed by atoms with Gasteiger partial charge in [0.2, 0.25) is 0 Å². The van der Waals surface area contributed by atoms with E-state index in [1.165, 1.54) is 30.6 Å². The quantitative estimate of drug-likeness (QED) is 0.442. The van der Waals surface area contributed by atoms with E-state index < -0.39 is 0 Å². The van der Waals surface area contributed by atoms with Gasteiger partial charge in [0.25, 0.3) is 0 Å². The second-order valence-corrected chi connectivity index (χ2v) is 7.59. The fourth-order valence-corrected chi connectivity index (χ4v) is 3.73. The Kier molecular flexibility index (Phi) is 8.67. The highest BCUT2D eigenvalue weighted by Crippen LogP contribution is 2.28. The van der Waals surface area contributed by atoms with Crippen LogP contribution in [0.1, 0.15) is 42.5 Å². The van der Waals surface area contributed by atoms with E-state index in [9.17, 15) is 0 Å². The van der Waals surface area contributed by atoms with Crippen molar-refractivity contribution in [3.8, 4) is 0 Å². The number of nitrogens with one attached hydrogen (secondary N) is 1. The van der Waals surface area contributed by atoms with E-state index in [2.05, 4.69) is 41.1 Å². The summed E-state index contributed by atoms with van der Waals surface area (Å²) in [5.74, 6) is 2.70. The first-order chi connectivity index (χ1) is 10.1.